The van der Waals surface area contributed by atoms with Gasteiger partial charge in [0.1, 0.15) is 0 Å². The van der Waals surface area contributed by atoms with Crippen molar-refractivity contribution in [2.45, 2.75) is 33.1 Å². The molecular weight excluding hydrogens is 226 g/mol. The summed E-state index contributed by atoms with van der Waals surface area (Å²) < 4.78 is 5.18. The van der Waals surface area contributed by atoms with Crippen LogP contribution in [-0.2, 0) is 9.53 Å². The van der Waals surface area contributed by atoms with Crippen LogP contribution in [0.3, 0.4) is 0 Å². The Bertz CT molecular complexity index is 413. The number of hydrogen-bond donors (Lipinski definition) is 1. The molecule has 3 heteroatoms. The molecule has 0 aliphatic carbocycles. The number of carbonyl (C=O) groups is 1. The van der Waals surface area contributed by atoms with Gasteiger partial charge < -0.3 is 10.1 Å². The van der Waals surface area contributed by atoms with Crippen LogP contribution in [-0.4, -0.2) is 19.1 Å². The number of ether oxygens (including phenoxy) is 1. The Labute approximate surface area is 109 Å². The summed E-state index contributed by atoms with van der Waals surface area (Å²) in [4.78, 5) is 12.2. The molecule has 0 aromatic heterocycles. The van der Waals surface area contributed by atoms with Gasteiger partial charge in [-0.2, -0.15) is 0 Å². The Morgan fingerprint density at radius 3 is 2.33 bits per heavy atom. The number of amides is 1. The van der Waals surface area contributed by atoms with Gasteiger partial charge in [0.25, 0.3) is 0 Å². The normalized spacial score (nSPS) is 17.3. The highest BCUT2D eigenvalue weighted by Gasteiger charge is 2.44. The van der Waals surface area contributed by atoms with Crippen LogP contribution in [0.4, 0.5) is 5.69 Å². The molecule has 1 aliphatic heterocycles. The van der Waals surface area contributed by atoms with Crippen LogP contribution < -0.4 is 5.32 Å². The molecule has 0 spiro atoms. The first-order chi connectivity index (χ1) is 8.57. The van der Waals surface area contributed by atoms with Gasteiger partial charge in [-0.3, -0.25) is 4.79 Å². The van der Waals surface area contributed by atoms with Crippen LogP contribution >= 0.6 is 0 Å². The average molecular weight is 247 g/mol. The Kier molecular flexibility index (Phi) is 3.71. The van der Waals surface area contributed by atoms with Crippen LogP contribution in [0.1, 0.15) is 38.7 Å². The van der Waals surface area contributed by atoms with E-state index in [1.165, 1.54) is 5.56 Å². The van der Waals surface area contributed by atoms with E-state index >= 15 is 0 Å². The van der Waals surface area contributed by atoms with E-state index in [2.05, 4.69) is 31.3 Å². The van der Waals surface area contributed by atoms with E-state index in [-0.39, 0.29) is 11.3 Å². The van der Waals surface area contributed by atoms with E-state index in [1.54, 1.807) is 0 Å². The Hall–Kier alpha value is -1.35. The number of rotatable bonds is 4. The second-order valence-electron chi connectivity index (χ2n) is 5.36. The molecule has 0 saturated carbocycles. The lowest BCUT2D eigenvalue weighted by molar-refractivity contribution is -0.156. The van der Waals surface area contributed by atoms with Crippen molar-refractivity contribution in [2.75, 3.05) is 18.5 Å². The van der Waals surface area contributed by atoms with Crippen LogP contribution in [0, 0.1) is 5.41 Å². The molecule has 1 aliphatic rings. The van der Waals surface area contributed by atoms with Crippen molar-refractivity contribution in [2.24, 2.45) is 5.41 Å². The van der Waals surface area contributed by atoms with Crippen LogP contribution in [0.25, 0.3) is 0 Å². The van der Waals surface area contributed by atoms with E-state index in [0.717, 1.165) is 12.1 Å². The van der Waals surface area contributed by atoms with E-state index < -0.39 is 0 Å². The van der Waals surface area contributed by atoms with Crippen molar-refractivity contribution >= 4 is 11.6 Å². The van der Waals surface area contributed by atoms with Crippen molar-refractivity contribution in [3.05, 3.63) is 29.8 Å². The van der Waals surface area contributed by atoms with Gasteiger partial charge in [-0.25, -0.2) is 0 Å². The van der Waals surface area contributed by atoms with Crippen molar-refractivity contribution in [3.8, 4) is 0 Å². The van der Waals surface area contributed by atoms with E-state index in [4.69, 9.17) is 4.74 Å². The molecule has 1 aromatic carbocycles. The lowest BCUT2D eigenvalue weighted by Gasteiger charge is -2.38. The molecule has 1 aromatic rings. The van der Waals surface area contributed by atoms with Crippen LogP contribution in [0.15, 0.2) is 24.3 Å². The maximum atomic E-state index is 12.2. The van der Waals surface area contributed by atoms with Gasteiger partial charge in [0, 0.05) is 5.69 Å². The quantitative estimate of drug-likeness (QED) is 0.887. The maximum Gasteiger partial charge on any atom is 0.235 e. The van der Waals surface area contributed by atoms with Crippen molar-refractivity contribution < 1.29 is 9.53 Å². The molecular formula is C15H21NO2. The first-order valence-corrected chi connectivity index (χ1v) is 6.56. The van der Waals surface area contributed by atoms with Crippen molar-refractivity contribution in [1.29, 1.82) is 0 Å². The third-order valence-electron chi connectivity index (χ3n) is 3.75. The summed E-state index contributed by atoms with van der Waals surface area (Å²) in [5.74, 6) is 0.588. The summed E-state index contributed by atoms with van der Waals surface area (Å²) in [5, 5.41) is 2.98. The highest BCUT2D eigenvalue weighted by atomic mass is 16.5. The number of carbonyl (C=O) groups excluding carboxylic acids is 1. The fraction of sp³-hybridized carbons (Fsp3) is 0.533. The fourth-order valence-electron chi connectivity index (χ4n) is 2.06. The minimum atomic E-state index is -0.309. The molecule has 2 rings (SSSR count). The standard InChI is InChI=1S/C15H21NO2/c1-4-15(9-18-10-15)14(17)16-13-7-5-12(6-8-13)11(2)3/h5-8,11H,4,9-10H2,1-3H3,(H,16,17). The number of nitrogens with one attached hydrogen (secondary N) is 1. The Morgan fingerprint density at radius 1 is 1.33 bits per heavy atom. The van der Waals surface area contributed by atoms with Crippen molar-refractivity contribution in [3.63, 3.8) is 0 Å². The third-order valence-corrected chi connectivity index (χ3v) is 3.75. The van der Waals surface area contributed by atoms with Gasteiger partial charge in [0.2, 0.25) is 5.91 Å². The van der Waals surface area contributed by atoms with Gasteiger partial charge in [0.05, 0.1) is 18.6 Å². The molecule has 18 heavy (non-hydrogen) atoms. The van der Waals surface area contributed by atoms with Gasteiger partial charge in [0.15, 0.2) is 0 Å². The van der Waals surface area contributed by atoms with Gasteiger partial charge in [-0.1, -0.05) is 32.9 Å². The van der Waals surface area contributed by atoms with Crippen LogP contribution in [0.5, 0.6) is 0 Å². The molecule has 98 valence electrons. The summed E-state index contributed by atoms with van der Waals surface area (Å²) in [6.45, 7) is 7.43. The molecule has 1 amide bonds. The highest BCUT2D eigenvalue weighted by Crippen LogP contribution is 2.32. The minimum Gasteiger partial charge on any atom is -0.379 e. The third kappa shape index (κ3) is 2.41. The zero-order valence-electron chi connectivity index (χ0n) is 11.3. The molecule has 0 atom stereocenters. The summed E-state index contributed by atoms with van der Waals surface area (Å²) in [5.41, 5.74) is 1.84. The fourth-order valence-corrected chi connectivity index (χ4v) is 2.06. The SMILES string of the molecule is CCC1(C(=O)Nc2ccc(C(C)C)cc2)COC1. The second kappa shape index (κ2) is 5.11. The second-order valence-corrected chi connectivity index (χ2v) is 5.36. The maximum absolute atomic E-state index is 12.2. The monoisotopic (exact) mass is 247 g/mol. The molecule has 0 radical (unpaired) electrons. The number of benzene rings is 1. The van der Waals surface area contributed by atoms with Crippen LogP contribution in [0.2, 0.25) is 0 Å². The minimum absolute atomic E-state index is 0.0774. The van der Waals surface area contributed by atoms with E-state index in [1.807, 2.05) is 19.1 Å². The van der Waals surface area contributed by atoms with Crippen molar-refractivity contribution in [1.82, 2.24) is 0 Å². The first kappa shape index (κ1) is 13.1. The summed E-state index contributed by atoms with van der Waals surface area (Å²) in [6, 6.07) is 8.07. The lowest BCUT2D eigenvalue weighted by atomic mass is 9.82. The lowest BCUT2D eigenvalue weighted by Crippen LogP contribution is -2.51. The zero-order chi connectivity index (χ0) is 13.2. The molecule has 1 heterocycles. The molecule has 3 nitrogen and oxygen atoms in total. The van der Waals surface area contributed by atoms with Gasteiger partial charge >= 0.3 is 0 Å². The Morgan fingerprint density at radius 2 is 1.94 bits per heavy atom. The van der Waals surface area contributed by atoms with E-state index in [0.29, 0.717) is 19.1 Å². The molecule has 1 saturated heterocycles. The molecule has 0 unspecified atom stereocenters. The molecule has 0 bridgehead atoms. The number of hydrogen-bond acceptors (Lipinski definition) is 2. The number of anilines is 1. The molecule has 1 N–H and O–H groups in total. The smallest absolute Gasteiger partial charge is 0.235 e. The van der Waals surface area contributed by atoms with Gasteiger partial charge in [-0.05, 0) is 30.0 Å². The largest absolute Gasteiger partial charge is 0.379 e. The predicted molar refractivity (Wildman–Crippen MR) is 72.7 cm³/mol. The highest BCUT2D eigenvalue weighted by molar-refractivity contribution is 5.96. The Balaban J connectivity index is 2.03. The van der Waals surface area contributed by atoms with Gasteiger partial charge in [-0.15, -0.1) is 0 Å². The first-order valence-electron chi connectivity index (χ1n) is 6.56. The molecule has 1 fully saturated rings. The van der Waals surface area contributed by atoms with E-state index in [9.17, 15) is 4.79 Å². The summed E-state index contributed by atoms with van der Waals surface area (Å²) in [6.07, 6.45) is 0.822. The predicted octanol–water partition coefficient (Wildman–Crippen LogP) is 3.18. The zero-order valence-corrected chi connectivity index (χ0v) is 11.3. The summed E-state index contributed by atoms with van der Waals surface area (Å²) in [7, 11) is 0. The topological polar surface area (TPSA) is 38.3 Å². The average Bonchev–Trinajstić information content (AvgIpc) is 2.29. The summed E-state index contributed by atoms with van der Waals surface area (Å²) >= 11 is 0.